The van der Waals surface area contributed by atoms with E-state index in [0.29, 0.717) is 10.2 Å². The van der Waals surface area contributed by atoms with Gasteiger partial charge >= 0.3 is 6.18 Å². The maximum atomic E-state index is 13.7. The van der Waals surface area contributed by atoms with E-state index >= 15 is 0 Å². The second-order valence-electron chi connectivity index (χ2n) is 6.04. The summed E-state index contributed by atoms with van der Waals surface area (Å²) in [7, 11) is 0. The van der Waals surface area contributed by atoms with Gasteiger partial charge in [-0.3, -0.25) is 9.59 Å². The normalized spacial score (nSPS) is 11.3. The van der Waals surface area contributed by atoms with Crippen molar-refractivity contribution >= 4 is 23.4 Å². The molecule has 2 amide bonds. The summed E-state index contributed by atoms with van der Waals surface area (Å²) < 4.78 is 41.6. The molecule has 3 rings (SSSR count). The molecule has 0 radical (unpaired) electrons. The Bertz CT molecular complexity index is 1060. The van der Waals surface area contributed by atoms with Crippen LogP contribution in [0.25, 0.3) is 5.69 Å². The monoisotopic (exact) mass is 422 g/mol. The van der Waals surface area contributed by atoms with Gasteiger partial charge in [0.05, 0.1) is 17.4 Å². The van der Waals surface area contributed by atoms with Gasteiger partial charge in [0.1, 0.15) is 0 Å². The van der Waals surface area contributed by atoms with Gasteiger partial charge in [0, 0.05) is 17.1 Å². The number of carbonyl (C=O) groups excluding carboxylic acids is 2. The third-order valence-corrected chi connectivity index (χ3v) is 4.26. The van der Waals surface area contributed by atoms with Crippen molar-refractivity contribution in [3.05, 3.63) is 82.1 Å². The summed E-state index contributed by atoms with van der Waals surface area (Å²) in [6.07, 6.45) is -3.97. The second kappa shape index (κ2) is 7.96. The van der Waals surface area contributed by atoms with E-state index in [9.17, 15) is 22.8 Å². The molecule has 10 heteroatoms. The van der Waals surface area contributed by atoms with Gasteiger partial charge in [-0.1, -0.05) is 29.8 Å². The van der Waals surface area contributed by atoms with Crippen LogP contribution in [0.3, 0.4) is 0 Å². The molecule has 150 valence electrons. The number of halogens is 4. The zero-order valence-corrected chi connectivity index (χ0v) is 15.5. The van der Waals surface area contributed by atoms with E-state index < -0.39 is 29.2 Å². The van der Waals surface area contributed by atoms with Crippen LogP contribution < -0.4 is 11.1 Å². The molecule has 0 aliphatic carbocycles. The van der Waals surface area contributed by atoms with Crippen LogP contribution in [0, 0.1) is 0 Å². The van der Waals surface area contributed by atoms with E-state index in [2.05, 4.69) is 10.4 Å². The predicted octanol–water partition coefficient (Wildman–Crippen LogP) is 3.57. The van der Waals surface area contributed by atoms with Gasteiger partial charge in [0.15, 0.2) is 5.69 Å². The standard InChI is InChI=1S/C19H14ClF3N4O2/c20-13-2-1-3-14(8-13)27-16(19(21,22)23)15(10-26-27)18(29)25-9-11-4-6-12(7-5-11)17(24)28/h1-8,10H,9H2,(H2,24,28)(H,25,29). The summed E-state index contributed by atoms with van der Waals surface area (Å²) >= 11 is 5.85. The fourth-order valence-electron chi connectivity index (χ4n) is 2.66. The summed E-state index contributed by atoms with van der Waals surface area (Å²) in [4.78, 5) is 23.5. The number of nitrogens with two attached hydrogens (primary N) is 1. The molecule has 3 aromatic rings. The minimum Gasteiger partial charge on any atom is -0.366 e. The lowest BCUT2D eigenvalue weighted by molar-refractivity contribution is -0.143. The molecule has 0 spiro atoms. The number of hydrogen-bond donors (Lipinski definition) is 2. The average Bonchev–Trinajstić information content (AvgIpc) is 3.12. The zero-order chi connectivity index (χ0) is 21.2. The number of primary amides is 1. The van der Waals surface area contributed by atoms with Crippen molar-refractivity contribution in [1.82, 2.24) is 15.1 Å². The Hall–Kier alpha value is -3.33. The van der Waals surface area contributed by atoms with E-state index in [1.54, 1.807) is 12.1 Å². The van der Waals surface area contributed by atoms with Gasteiger partial charge in [-0.15, -0.1) is 0 Å². The summed E-state index contributed by atoms with van der Waals surface area (Å²) in [6.45, 7) is -0.0441. The third kappa shape index (κ3) is 4.57. The maximum Gasteiger partial charge on any atom is 0.434 e. The number of nitrogens with one attached hydrogen (secondary N) is 1. The van der Waals surface area contributed by atoms with Gasteiger partial charge in [-0.05, 0) is 35.9 Å². The Morgan fingerprint density at radius 2 is 1.83 bits per heavy atom. The number of nitrogens with zero attached hydrogens (tertiary/aromatic N) is 2. The molecule has 3 N–H and O–H groups in total. The van der Waals surface area contributed by atoms with Crippen LogP contribution >= 0.6 is 11.6 Å². The van der Waals surface area contributed by atoms with E-state index in [1.807, 2.05) is 0 Å². The highest BCUT2D eigenvalue weighted by Gasteiger charge is 2.40. The number of rotatable bonds is 5. The number of carbonyl (C=O) groups is 2. The van der Waals surface area contributed by atoms with Gasteiger partial charge < -0.3 is 11.1 Å². The van der Waals surface area contributed by atoms with Crippen LogP contribution in [0.1, 0.15) is 32.0 Å². The lowest BCUT2D eigenvalue weighted by Crippen LogP contribution is -2.26. The minimum absolute atomic E-state index is 0.0441. The highest BCUT2D eigenvalue weighted by molar-refractivity contribution is 6.30. The first-order chi connectivity index (χ1) is 13.7. The molecule has 0 aliphatic heterocycles. The molecule has 0 unspecified atom stereocenters. The first kappa shape index (κ1) is 20.4. The second-order valence-corrected chi connectivity index (χ2v) is 6.48. The van der Waals surface area contributed by atoms with Gasteiger partial charge in [0.2, 0.25) is 5.91 Å². The Morgan fingerprint density at radius 3 is 2.41 bits per heavy atom. The molecule has 2 aromatic carbocycles. The fourth-order valence-corrected chi connectivity index (χ4v) is 2.84. The van der Waals surface area contributed by atoms with E-state index in [-0.39, 0.29) is 22.8 Å². The SMILES string of the molecule is NC(=O)c1ccc(CNC(=O)c2cnn(-c3cccc(Cl)c3)c2C(F)(F)F)cc1. The van der Waals surface area contributed by atoms with Crippen molar-refractivity contribution in [3.8, 4) is 5.69 Å². The lowest BCUT2D eigenvalue weighted by Gasteiger charge is -2.13. The van der Waals surface area contributed by atoms with Crippen LogP contribution in [-0.2, 0) is 12.7 Å². The Balaban J connectivity index is 1.86. The van der Waals surface area contributed by atoms with E-state index in [4.69, 9.17) is 17.3 Å². The summed E-state index contributed by atoms with van der Waals surface area (Å²) in [5.74, 6) is -1.55. The smallest absolute Gasteiger partial charge is 0.366 e. The van der Waals surface area contributed by atoms with Gasteiger partial charge in [-0.2, -0.15) is 18.3 Å². The quantitative estimate of drug-likeness (QED) is 0.658. The molecule has 1 heterocycles. The molecule has 0 aliphatic rings. The van der Waals surface area contributed by atoms with Gasteiger partial charge in [-0.25, -0.2) is 4.68 Å². The number of alkyl halides is 3. The Kier molecular flexibility index (Phi) is 5.60. The predicted molar refractivity (Wildman–Crippen MR) is 99.7 cm³/mol. The number of benzene rings is 2. The molecule has 0 bridgehead atoms. The molecular weight excluding hydrogens is 409 g/mol. The van der Waals surface area contributed by atoms with Crippen LogP contribution in [-0.4, -0.2) is 21.6 Å². The highest BCUT2D eigenvalue weighted by Crippen LogP contribution is 2.34. The maximum absolute atomic E-state index is 13.7. The van der Waals surface area contributed by atoms with Crippen LogP contribution in [0.2, 0.25) is 5.02 Å². The molecule has 29 heavy (non-hydrogen) atoms. The zero-order valence-electron chi connectivity index (χ0n) is 14.7. The Labute approximate surface area is 168 Å². The largest absolute Gasteiger partial charge is 0.434 e. The van der Waals surface area contributed by atoms with E-state index in [1.165, 1.54) is 36.4 Å². The fraction of sp³-hybridized carbons (Fsp3) is 0.105. The lowest BCUT2D eigenvalue weighted by atomic mass is 10.1. The van der Waals surface area contributed by atoms with Crippen LogP contribution in [0.4, 0.5) is 13.2 Å². The summed E-state index contributed by atoms with van der Waals surface area (Å²) in [6, 6.07) is 11.7. The van der Waals surface area contributed by atoms with Gasteiger partial charge in [0.25, 0.3) is 5.91 Å². The van der Waals surface area contributed by atoms with Crippen molar-refractivity contribution in [2.75, 3.05) is 0 Å². The molecule has 1 aromatic heterocycles. The number of amides is 2. The molecule has 0 atom stereocenters. The van der Waals surface area contributed by atoms with E-state index in [0.717, 1.165) is 6.20 Å². The number of aromatic nitrogens is 2. The minimum atomic E-state index is -4.82. The highest BCUT2D eigenvalue weighted by atomic mass is 35.5. The molecule has 0 fully saturated rings. The first-order valence-corrected chi connectivity index (χ1v) is 8.62. The molecule has 0 saturated heterocycles. The summed E-state index contributed by atoms with van der Waals surface area (Å²) in [5.41, 5.74) is 4.26. The molecule has 0 saturated carbocycles. The molecular formula is C19H14ClF3N4O2. The Morgan fingerprint density at radius 1 is 1.14 bits per heavy atom. The first-order valence-electron chi connectivity index (χ1n) is 8.25. The van der Waals surface area contributed by atoms with Crippen molar-refractivity contribution in [1.29, 1.82) is 0 Å². The summed E-state index contributed by atoms with van der Waals surface area (Å²) in [5, 5.41) is 6.38. The average molecular weight is 423 g/mol. The number of hydrogen-bond acceptors (Lipinski definition) is 3. The van der Waals surface area contributed by atoms with Crippen molar-refractivity contribution in [2.24, 2.45) is 5.73 Å². The van der Waals surface area contributed by atoms with Crippen LogP contribution in [0.5, 0.6) is 0 Å². The third-order valence-electron chi connectivity index (χ3n) is 4.03. The van der Waals surface area contributed by atoms with Crippen LogP contribution in [0.15, 0.2) is 54.7 Å². The van der Waals surface area contributed by atoms with Crippen molar-refractivity contribution in [2.45, 2.75) is 12.7 Å². The van der Waals surface area contributed by atoms with Crippen molar-refractivity contribution < 1.29 is 22.8 Å². The molecule has 6 nitrogen and oxygen atoms in total. The van der Waals surface area contributed by atoms with Crippen molar-refractivity contribution in [3.63, 3.8) is 0 Å². The topological polar surface area (TPSA) is 90.0 Å².